The summed E-state index contributed by atoms with van der Waals surface area (Å²) in [5.41, 5.74) is 1.38. The van der Waals surface area contributed by atoms with Crippen LogP contribution in [0.15, 0.2) is 82.7 Å². The van der Waals surface area contributed by atoms with Crippen molar-refractivity contribution >= 4 is 35.0 Å². The maximum Gasteiger partial charge on any atom is 0.274 e. The monoisotopic (exact) mass is 395 g/mol. The van der Waals surface area contributed by atoms with Crippen LogP contribution in [0.1, 0.15) is 0 Å². The minimum atomic E-state index is -0.277. The van der Waals surface area contributed by atoms with Crippen molar-refractivity contribution in [2.24, 2.45) is 9.98 Å². The number of allylic oxidation sites excluding steroid dienone is 2. The van der Waals surface area contributed by atoms with Crippen molar-refractivity contribution < 1.29 is 9.53 Å². The molecule has 0 saturated heterocycles. The van der Waals surface area contributed by atoms with Gasteiger partial charge in [-0.2, -0.15) is 0 Å². The van der Waals surface area contributed by atoms with Crippen molar-refractivity contribution in [2.45, 2.75) is 0 Å². The first kappa shape index (κ1) is 17.9. The maximum atomic E-state index is 12.4. The van der Waals surface area contributed by atoms with Crippen LogP contribution in [0, 0.1) is 0 Å². The molecule has 0 spiro atoms. The van der Waals surface area contributed by atoms with Crippen molar-refractivity contribution in [3.8, 4) is 5.75 Å². The Morgan fingerprint density at radius 3 is 2.97 bits per heavy atom. The molecule has 0 fully saturated rings. The number of para-hydroxylation sites is 1. The van der Waals surface area contributed by atoms with Gasteiger partial charge in [-0.05, 0) is 30.3 Å². The summed E-state index contributed by atoms with van der Waals surface area (Å²) in [6.07, 6.45) is 10.5. The van der Waals surface area contributed by atoms with E-state index in [-0.39, 0.29) is 12.5 Å². The smallest absolute Gasteiger partial charge is 0.274 e. The van der Waals surface area contributed by atoms with E-state index in [1.165, 1.54) is 12.5 Å². The fourth-order valence-corrected chi connectivity index (χ4v) is 3.33. The number of hydrogen-bond acceptors (Lipinski definition) is 6. The molecule has 1 amide bonds. The van der Waals surface area contributed by atoms with Gasteiger partial charge in [-0.15, -0.1) is 0 Å². The number of fused-ring (bicyclic) bond motifs is 4. The van der Waals surface area contributed by atoms with Crippen LogP contribution in [0.3, 0.4) is 0 Å². The number of carbonyl (C=O) groups is 1. The van der Waals surface area contributed by atoms with Crippen LogP contribution in [0.5, 0.6) is 5.75 Å². The normalized spacial score (nSPS) is 19.1. The second-order valence-corrected chi connectivity index (χ2v) is 6.81. The number of rotatable bonds is 0. The van der Waals surface area contributed by atoms with Gasteiger partial charge in [0.1, 0.15) is 18.7 Å². The summed E-state index contributed by atoms with van der Waals surface area (Å²) in [6.45, 7) is 0.609. The van der Waals surface area contributed by atoms with E-state index < -0.39 is 0 Å². The lowest BCUT2D eigenvalue weighted by atomic mass is 10.1. The quantitative estimate of drug-likeness (QED) is 0.582. The van der Waals surface area contributed by atoms with Crippen molar-refractivity contribution in [1.29, 1.82) is 0 Å². The molecule has 3 heterocycles. The number of benzene rings is 2. The average molecular weight is 395 g/mol. The van der Waals surface area contributed by atoms with Gasteiger partial charge in [0.2, 0.25) is 0 Å². The lowest BCUT2D eigenvalue weighted by Crippen LogP contribution is -2.29. The van der Waals surface area contributed by atoms with Gasteiger partial charge < -0.3 is 9.64 Å². The average Bonchev–Trinajstić information content (AvgIpc) is 2.78. The second kappa shape index (κ2) is 7.71. The maximum absolute atomic E-state index is 12.4. The first-order chi connectivity index (χ1) is 14.8. The van der Waals surface area contributed by atoms with Gasteiger partial charge in [0, 0.05) is 34.8 Å². The summed E-state index contributed by atoms with van der Waals surface area (Å²) in [5.74, 6) is 0.920. The van der Waals surface area contributed by atoms with E-state index in [9.17, 15) is 4.79 Å². The predicted molar refractivity (Wildman–Crippen MR) is 114 cm³/mol. The van der Waals surface area contributed by atoms with Crippen LogP contribution in [0.2, 0.25) is 0 Å². The molecule has 0 N–H and O–H groups in total. The van der Waals surface area contributed by atoms with Crippen LogP contribution in [0.25, 0.3) is 17.1 Å². The number of hydrogen-bond donors (Lipinski definition) is 0. The summed E-state index contributed by atoms with van der Waals surface area (Å²) >= 11 is 0. The Bertz CT molecular complexity index is 1360. The minimum Gasteiger partial charge on any atom is -0.488 e. The summed E-state index contributed by atoms with van der Waals surface area (Å²) in [7, 11) is 0. The minimum absolute atomic E-state index is 0.180. The highest BCUT2D eigenvalue weighted by molar-refractivity contribution is 5.99. The number of ether oxygens (including phenoxy) is 1. The van der Waals surface area contributed by atoms with Gasteiger partial charge in [-0.3, -0.25) is 4.79 Å². The molecule has 2 aliphatic heterocycles. The Hall–Kier alpha value is -4.13. The number of amides is 1. The van der Waals surface area contributed by atoms with Crippen LogP contribution in [-0.2, 0) is 4.79 Å². The Morgan fingerprint density at radius 1 is 1.07 bits per heavy atom. The zero-order chi connectivity index (χ0) is 20.3. The van der Waals surface area contributed by atoms with Crippen molar-refractivity contribution in [3.63, 3.8) is 0 Å². The highest BCUT2D eigenvalue weighted by atomic mass is 16.5. The van der Waals surface area contributed by atoms with E-state index >= 15 is 0 Å². The predicted octanol–water partition coefficient (Wildman–Crippen LogP) is 2.06. The molecule has 7 nitrogen and oxygen atoms in total. The first-order valence-electron chi connectivity index (χ1n) is 9.49. The van der Waals surface area contributed by atoms with Gasteiger partial charge in [0.15, 0.2) is 5.82 Å². The van der Waals surface area contributed by atoms with Gasteiger partial charge in [0.25, 0.3) is 5.91 Å². The standard InChI is InChI=1S/C23H17N5O2/c29-23-17-5-3-10-28(14-17)13-16-4-1-2-6-20(16)27-22-19-12-18(30-11-9-24-23)7-8-21(19)25-15-26-22/h1-10,12-13,15H,11,14H2/b16-13-,24-9-,27-20-. The van der Waals surface area contributed by atoms with E-state index in [1.54, 1.807) is 6.08 Å². The zero-order valence-corrected chi connectivity index (χ0v) is 16.0. The molecule has 4 bridgehead atoms. The topological polar surface area (TPSA) is 80.0 Å². The molecule has 2 aliphatic rings. The lowest BCUT2D eigenvalue weighted by Gasteiger charge is -2.19. The zero-order valence-electron chi connectivity index (χ0n) is 16.0. The van der Waals surface area contributed by atoms with Gasteiger partial charge in [-0.25, -0.2) is 20.0 Å². The Labute approximate surface area is 172 Å². The van der Waals surface area contributed by atoms with E-state index in [4.69, 9.17) is 9.73 Å². The SMILES string of the molecule is O=C1/N=C\COc2ccc3ncnc(c3c2)/N=c2/cccc/c2=C/N2C=CC=C1C2. The Kier molecular flexibility index (Phi) is 4.61. The molecule has 7 heteroatoms. The van der Waals surface area contributed by atoms with Crippen molar-refractivity contribution in [1.82, 2.24) is 14.9 Å². The molecule has 0 radical (unpaired) electrons. The molecule has 30 heavy (non-hydrogen) atoms. The number of nitrogens with zero attached hydrogens (tertiary/aromatic N) is 5. The summed E-state index contributed by atoms with van der Waals surface area (Å²) < 4.78 is 5.74. The molecule has 2 aromatic carbocycles. The van der Waals surface area contributed by atoms with Crippen LogP contribution >= 0.6 is 0 Å². The third-order valence-electron chi connectivity index (χ3n) is 4.79. The van der Waals surface area contributed by atoms with Crippen LogP contribution < -0.4 is 15.3 Å². The fourth-order valence-electron chi connectivity index (χ4n) is 3.33. The first-order valence-corrected chi connectivity index (χ1v) is 9.49. The Balaban J connectivity index is 1.73. The third kappa shape index (κ3) is 3.60. The van der Waals surface area contributed by atoms with Crippen molar-refractivity contribution in [3.05, 3.63) is 83.3 Å². The summed E-state index contributed by atoms with van der Waals surface area (Å²) in [4.78, 5) is 31.9. The van der Waals surface area contributed by atoms with E-state index in [0.29, 0.717) is 23.7 Å². The Morgan fingerprint density at radius 2 is 2.00 bits per heavy atom. The van der Waals surface area contributed by atoms with Crippen LogP contribution in [0.4, 0.5) is 5.82 Å². The van der Waals surface area contributed by atoms with Gasteiger partial charge in [-0.1, -0.05) is 24.3 Å². The fraction of sp³-hybridized carbons (Fsp3) is 0.0870. The molecule has 0 saturated carbocycles. The number of aromatic nitrogens is 2. The van der Waals surface area contributed by atoms with E-state index in [1.807, 2.05) is 65.8 Å². The number of aliphatic imine (C=N–C) groups is 1. The highest BCUT2D eigenvalue weighted by Crippen LogP contribution is 2.25. The van der Waals surface area contributed by atoms with Crippen LogP contribution in [-0.4, -0.2) is 40.1 Å². The molecule has 0 unspecified atom stereocenters. The highest BCUT2D eigenvalue weighted by Gasteiger charge is 2.13. The van der Waals surface area contributed by atoms with Gasteiger partial charge in [0.05, 0.1) is 17.4 Å². The molecular formula is C23H17N5O2. The summed E-state index contributed by atoms with van der Waals surface area (Å²) in [6, 6.07) is 13.3. The number of carbonyl (C=O) groups excluding carboxylic acids is 1. The third-order valence-corrected chi connectivity index (χ3v) is 4.79. The second-order valence-electron chi connectivity index (χ2n) is 6.81. The molecule has 0 aliphatic carbocycles. The molecule has 0 atom stereocenters. The van der Waals surface area contributed by atoms with E-state index in [0.717, 1.165) is 21.5 Å². The molecule has 1 aromatic heterocycles. The molecule has 5 rings (SSSR count). The van der Waals surface area contributed by atoms with E-state index in [2.05, 4.69) is 15.0 Å². The van der Waals surface area contributed by atoms with Gasteiger partial charge >= 0.3 is 0 Å². The molecular weight excluding hydrogens is 378 g/mol. The summed E-state index contributed by atoms with van der Waals surface area (Å²) in [5, 5.41) is 2.46. The molecule has 146 valence electrons. The van der Waals surface area contributed by atoms with Crippen molar-refractivity contribution in [2.75, 3.05) is 13.2 Å². The largest absolute Gasteiger partial charge is 0.488 e. The molecule has 3 aromatic rings. The lowest BCUT2D eigenvalue weighted by molar-refractivity contribution is -0.114.